The topological polar surface area (TPSA) is 56.1 Å². The number of halogens is 1. The van der Waals surface area contributed by atoms with Gasteiger partial charge in [0, 0.05) is 16.5 Å². The Morgan fingerprint density at radius 3 is 2.68 bits per heavy atom. The lowest BCUT2D eigenvalue weighted by molar-refractivity contribution is 0.102. The maximum absolute atomic E-state index is 13.2. The van der Waals surface area contributed by atoms with Gasteiger partial charge in [0.15, 0.2) is 5.69 Å². The number of para-hydroxylation sites is 2. The van der Waals surface area contributed by atoms with Gasteiger partial charge in [0.05, 0.1) is 24.2 Å². The number of nitrogens with one attached hydrogen (secondary N) is 1. The molecule has 0 unspecified atom stereocenters. The van der Waals surface area contributed by atoms with E-state index in [4.69, 9.17) is 21.4 Å². The highest BCUT2D eigenvalue weighted by Crippen LogP contribution is 2.54. The molecule has 2 atom stereocenters. The van der Waals surface area contributed by atoms with E-state index in [2.05, 4.69) is 5.32 Å². The molecule has 2 aliphatic rings. The maximum atomic E-state index is 13.2. The number of carbonyl (C=O) groups is 1. The summed E-state index contributed by atoms with van der Waals surface area (Å²) in [6.07, 6.45) is 3.39. The van der Waals surface area contributed by atoms with Gasteiger partial charge in [0.2, 0.25) is 0 Å². The fourth-order valence-corrected chi connectivity index (χ4v) is 4.73. The number of benzene rings is 2. The number of ether oxygens (including phenoxy) is 1. The summed E-state index contributed by atoms with van der Waals surface area (Å²) in [5.41, 5.74) is 4.39. The summed E-state index contributed by atoms with van der Waals surface area (Å²) < 4.78 is 7.29. The summed E-state index contributed by atoms with van der Waals surface area (Å²) in [6, 6.07) is 15.0. The lowest BCUT2D eigenvalue weighted by Gasteiger charge is -2.14. The molecule has 1 saturated carbocycles. The number of carbonyl (C=O) groups excluding carboxylic acids is 1. The number of methoxy groups -OCH3 is 1. The third-order valence-corrected chi connectivity index (χ3v) is 6.08. The van der Waals surface area contributed by atoms with E-state index in [9.17, 15) is 4.79 Å². The van der Waals surface area contributed by atoms with Crippen LogP contribution in [0.15, 0.2) is 48.5 Å². The van der Waals surface area contributed by atoms with Gasteiger partial charge in [-0.15, -0.1) is 0 Å². The molecular formula is C22H20ClN3O2. The first-order valence-electron chi connectivity index (χ1n) is 9.49. The van der Waals surface area contributed by atoms with Crippen LogP contribution in [0.4, 0.5) is 5.69 Å². The minimum absolute atomic E-state index is 0.194. The number of aromatic nitrogens is 2. The fraction of sp³-hybridized carbons (Fsp3) is 0.273. The summed E-state index contributed by atoms with van der Waals surface area (Å²) >= 11 is 6.05. The van der Waals surface area contributed by atoms with Gasteiger partial charge in [0.1, 0.15) is 5.75 Å². The van der Waals surface area contributed by atoms with Crippen LogP contribution >= 0.6 is 11.6 Å². The Hall–Kier alpha value is -2.79. The Morgan fingerprint density at radius 2 is 1.89 bits per heavy atom. The standard InChI is InChI=1S/C22H20ClN3O2/c1-28-18-5-3-2-4-17(18)24-22(27)20-19-13-6-7-14(12-13)21(19)26(25-20)16-10-8-15(23)9-11-16/h2-5,8-11,13-14H,6-7,12H2,1H3,(H,24,27)/t13-,14-/m0/s1. The molecule has 1 fully saturated rings. The van der Waals surface area contributed by atoms with Crippen LogP contribution in [-0.2, 0) is 0 Å². The summed E-state index contributed by atoms with van der Waals surface area (Å²) in [7, 11) is 1.59. The van der Waals surface area contributed by atoms with Gasteiger partial charge in [-0.25, -0.2) is 4.68 Å². The molecule has 1 heterocycles. The molecular weight excluding hydrogens is 374 g/mol. The van der Waals surface area contributed by atoms with Gasteiger partial charge in [-0.2, -0.15) is 5.10 Å². The van der Waals surface area contributed by atoms with Crippen LogP contribution in [0.3, 0.4) is 0 Å². The first-order valence-corrected chi connectivity index (χ1v) is 9.86. The lowest BCUT2D eigenvalue weighted by Crippen LogP contribution is -2.16. The Kier molecular flexibility index (Phi) is 4.13. The number of nitrogens with zero attached hydrogens (tertiary/aromatic N) is 2. The van der Waals surface area contributed by atoms with Crippen molar-refractivity contribution >= 4 is 23.2 Å². The van der Waals surface area contributed by atoms with E-state index in [-0.39, 0.29) is 5.91 Å². The van der Waals surface area contributed by atoms with Gasteiger partial charge < -0.3 is 10.1 Å². The van der Waals surface area contributed by atoms with E-state index in [1.807, 2.05) is 53.2 Å². The molecule has 0 spiro atoms. The number of fused-ring (bicyclic) bond motifs is 5. The smallest absolute Gasteiger partial charge is 0.276 e. The zero-order valence-corrected chi connectivity index (χ0v) is 16.2. The predicted octanol–water partition coefficient (Wildman–Crippen LogP) is 5.15. The van der Waals surface area contributed by atoms with Gasteiger partial charge in [-0.1, -0.05) is 23.7 Å². The van der Waals surface area contributed by atoms with Crippen molar-refractivity contribution in [2.45, 2.75) is 31.1 Å². The van der Waals surface area contributed by atoms with E-state index >= 15 is 0 Å². The lowest BCUT2D eigenvalue weighted by atomic mass is 9.95. The summed E-state index contributed by atoms with van der Waals surface area (Å²) in [4.78, 5) is 13.2. The zero-order valence-electron chi connectivity index (χ0n) is 15.5. The molecule has 0 saturated heterocycles. The summed E-state index contributed by atoms with van der Waals surface area (Å²) in [5.74, 6) is 1.32. The maximum Gasteiger partial charge on any atom is 0.276 e. The normalized spacial score (nSPS) is 19.5. The van der Waals surface area contributed by atoms with E-state index in [1.165, 1.54) is 5.69 Å². The van der Waals surface area contributed by atoms with Crippen LogP contribution in [0.1, 0.15) is 52.8 Å². The van der Waals surface area contributed by atoms with Crippen molar-refractivity contribution < 1.29 is 9.53 Å². The molecule has 0 aliphatic heterocycles. The Bertz CT molecular complexity index is 1060. The third-order valence-electron chi connectivity index (χ3n) is 5.83. The number of hydrogen-bond donors (Lipinski definition) is 1. The van der Waals surface area contributed by atoms with Crippen molar-refractivity contribution in [3.8, 4) is 11.4 Å². The van der Waals surface area contributed by atoms with Crippen LogP contribution in [0.5, 0.6) is 5.75 Å². The largest absolute Gasteiger partial charge is 0.495 e. The minimum Gasteiger partial charge on any atom is -0.495 e. The van der Waals surface area contributed by atoms with Gasteiger partial charge in [0.25, 0.3) is 5.91 Å². The van der Waals surface area contributed by atoms with Crippen molar-refractivity contribution in [3.63, 3.8) is 0 Å². The molecule has 2 aliphatic carbocycles. The molecule has 142 valence electrons. The summed E-state index contributed by atoms with van der Waals surface area (Å²) in [5, 5.41) is 8.41. The first-order chi connectivity index (χ1) is 13.7. The van der Waals surface area contributed by atoms with Crippen LogP contribution in [0.25, 0.3) is 5.69 Å². The monoisotopic (exact) mass is 393 g/mol. The van der Waals surface area contributed by atoms with Crippen molar-refractivity contribution in [2.24, 2.45) is 0 Å². The molecule has 5 rings (SSSR count). The average Bonchev–Trinajstić information content (AvgIpc) is 3.42. The van der Waals surface area contributed by atoms with E-state index < -0.39 is 0 Å². The number of rotatable bonds is 4. The third kappa shape index (κ3) is 2.69. The van der Waals surface area contributed by atoms with E-state index in [0.717, 1.165) is 30.5 Å². The zero-order chi connectivity index (χ0) is 19.3. The van der Waals surface area contributed by atoms with Crippen molar-refractivity contribution in [2.75, 3.05) is 12.4 Å². The Balaban J connectivity index is 1.57. The molecule has 1 N–H and O–H groups in total. The van der Waals surface area contributed by atoms with Crippen molar-refractivity contribution in [1.29, 1.82) is 0 Å². The van der Waals surface area contributed by atoms with Gasteiger partial charge in [-0.3, -0.25) is 4.79 Å². The highest BCUT2D eigenvalue weighted by Gasteiger charge is 2.44. The number of amides is 1. The Morgan fingerprint density at radius 1 is 1.14 bits per heavy atom. The van der Waals surface area contributed by atoms with E-state index in [0.29, 0.717) is 34.0 Å². The molecule has 5 nitrogen and oxygen atoms in total. The molecule has 1 aromatic heterocycles. The Labute approximate surface area is 168 Å². The number of anilines is 1. The second-order valence-corrected chi connectivity index (χ2v) is 7.83. The van der Waals surface area contributed by atoms with Gasteiger partial charge >= 0.3 is 0 Å². The molecule has 0 radical (unpaired) electrons. The van der Waals surface area contributed by atoms with Crippen LogP contribution in [-0.4, -0.2) is 22.8 Å². The predicted molar refractivity (Wildman–Crippen MR) is 109 cm³/mol. The van der Waals surface area contributed by atoms with Crippen molar-refractivity contribution in [1.82, 2.24) is 9.78 Å². The van der Waals surface area contributed by atoms with E-state index in [1.54, 1.807) is 7.11 Å². The second-order valence-electron chi connectivity index (χ2n) is 7.40. The molecule has 3 aromatic rings. The molecule has 1 amide bonds. The average molecular weight is 394 g/mol. The van der Waals surface area contributed by atoms with Crippen LogP contribution < -0.4 is 10.1 Å². The van der Waals surface area contributed by atoms with Crippen LogP contribution in [0.2, 0.25) is 5.02 Å². The molecule has 2 bridgehead atoms. The highest BCUT2D eigenvalue weighted by atomic mass is 35.5. The fourth-order valence-electron chi connectivity index (χ4n) is 4.61. The molecule has 28 heavy (non-hydrogen) atoms. The van der Waals surface area contributed by atoms with Crippen LogP contribution in [0, 0.1) is 0 Å². The SMILES string of the molecule is COc1ccccc1NC(=O)c1nn(-c2ccc(Cl)cc2)c2c1[C@H]1CC[C@H]2C1. The van der Waals surface area contributed by atoms with Gasteiger partial charge in [-0.05, 0) is 61.6 Å². The quantitative estimate of drug-likeness (QED) is 0.666. The molecule has 2 aromatic carbocycles. The van der Waals surface area contributed by atoms with Crippen molar-refractivity contribution in [3.05, 3.63) is 70.5 Å². The first kappa shape index (κ1) is 17.3. The highest BCUT2D eigenvalue weighted by molar-refractivity contribution is 6.30. The molecule has 6 heteroatoms. The second kappa shape index (κ2) is 6.67. The number of hydrogen-bond acceptors (Lipinski definition) is 3. The summed E-state index contributed by atoms with van der Waals surface area (Å²) in [6.45, 7) is 0. The minimum atomic E-state index is -0.194.